The Morgan fingerprint density at radius 3 is 2.45 bits per heavy atom. The van der Waals surface area contributed by atoms with Crippen LogP contribution in [-0.4, -0.2) is 11.2 Å². The minimum Gasteiger partial charge on any atom is -0.591 e. The highest BCUT2D eigenvalue weighted by Gasteiger charge is 2.25. The number of benzene rings is 2. The first-order valence-electron chi connectivity index (χ1n) is 6.11. The highest BCUT2D eigenvalue weighted by Crippen LogP contribution is 2.27. The van der Waals surface area contributed by atoms with Crippen molar-refractivity contribution in [1.82, 2.24) is 0 Å². The van der Waals surface area contributed by atoms with Crippen LogP contribution in [0, 0.1) is 10.1 Å². The molecular weight excluding hydrogens is 309 g/mol. The Morgan fingerprint density at radius 1 is 1.23 bits per heavy atom. The number of ether oxygens (including phenoxy) is 1. The van der Waals surface area contributed by atoms with Crippen molar-refractivity contribution in [1.29, 1.82) is 0 Å². The zero-order chi connectivity index (χ0) is 16.1. The van der Waals surface area contributed by atoms with Crippen LogP contribution in [0.3, 0.4) is 0 Å². The molecule has 2 aromatic rings. The van der Waals surface area contributed by atoms with Gasteiger partial charge in [-0.15, -0.1) is 0 Å². The fourth-order valence-corrected chi connectivity index (χ4v) is 2.36. The summed E-state index contributed by atoms with van der Waals surface area (Å²) in [5.41, 5.74) is -0.0227. The molecule has 0 heterocycles. The largest absolute Gasteiger partial charge is 0.591 e. The lowest BCUT2D eigenvalue weighted by Gasteiger charge is -2.08. The standard InChI is InChI=1S/C14H10NO6P/c16-8-11-6-13(21-9-10-4-2-1-3-5-10)14(22(19)20)7-12(11)15(17)18/h1-8H,9H2. The van der Waals surface area contributed by atoms with Gasteiger partial charge in [0.05, 0.1) is 16.6 Å². The molecule has 0 amide bonds. The molecule has 0 aromatic heterocycles. The van der Waals surface area contributed by atoms with Crippen LogP contribution in [0.15, 0.2) is 42.5 Å². The second-order valence-electron chi connectivity index (χ2n) is 4.29. The van der Waals surface area contributed by atoms with E-state index in [1.807, 2.05) is 6.07 Å². The van der Waals surface area contributed by atoms with E-state index in [2.05, 4.69) is 0 Å². The summed E-state index contributed by atoms with van der Waals surface area (Å²) in [6.07, 6.45) is 0.287. The molecule has 0 spiro atoms. The topological polar surface area (TPSA) is 110 Å². The lowest BCUT2D eigenvalue weighted by Crippen LogP contribution is -2.12. The Morgan fingerprint density at radius 2 is 1.91 bits per heavy atom. The Bertz CT molecular complexity index is 732. The number of carbonyl (C=O) groups is 1. The van der Waals surface area contributed by atoms with Crippen molar-refractivity contribution < 1.29 is 23.9 Å². The van der Waals surface area contributed by atoms with Crippen molar-refractivity contribution in [2.75, 3.05) is 0 Å². The molecule has 22 heavy (non-hydrogen) atoms. The molecule has 0 aliphatic carbocycles. The van der Waals surface area contributed by atoms with Gasteiger partial charge in [0, 0.05) is 6.07 Å². The van der Waals surface area contributed by atoms with E-state index in [1.54, 1.807) is 24.3 Å². The number of nitro groups is 1. The predicted octanol–water partition coefficient (Wildman–Crippen LogP) is 1.71. The number of hydrogen-bond donors (Lipinski definition) is 0. The summed E-state index contributed by atoms with van der Waals surface area (Å²) in [4.78, 5) is 32.2. The van der Waals surface area contributed by atoms with Gasteiger partial charge < -0.3 is 9.63 Å². The zero-order valence-corrected chi connectivity index (χ0v) is 12.1. The zero-order valence-electron chi connectivity index (χ0n) is 11.2. The highest BCUT2D eigenvalue weighted by molar-refractivity contribution is 7.46. The molecule has 7 nitrogen and oxygen atoms in total. The van der Waals surface area contributed by atoms with Crippen LogP contribution in [-0.2, 0) is 11.2 Å². The van der Waals surface area contributed by atoms with Gasteiger partial charge in [-0.3, -0.25) is 14.9 Å². The third kappa shape index (κ3) is 3.52. The smallest absolute Gasteiger partial charge is 0.353 e. The summed E-state index contributed by atoms with van der Waals surface area (Å²) < 4.78 is 16.7. The van der Waals surface area contributed by atoms with E-state index < -0.39 is 18.6 Å². The van der Waals surface area contributed by atoms with E-state index in [4.69, 9.17) is 4.74 Å². The van der Waals surface area contributed by atoms with Crippen molar-refractivity contribution in [3.8, 4) is 5.75 Å². The van der Waals surface area contributed by atoms with Crippen molar-refractivity contribution in [3.05, 3.63) is 63.7 Å². The summed E-state index contributed by atoms with van der Waals surface area (Å²) in [6.45, 7) is 0.0765. The fraction of sp³-hybridized carbons (Fsp3) is 0.0714. The third-order valence-corrected chi connectivity index (χ3v) is 3.61. The average Bonchev–Trinajstić information content (AvgIpc) is 2.52. The van der Waals surface area contributed by atoms with E-state index in [0.29, 0.717) is 0 Å². The molecule has 0 fully saturated rings. The Labute approximate surface area is 126 Å². The summed E-state index contributed by atoms with van der Waals surface area (Å²) >= 11 is 0. The van der Waals surface area contributed by atoms with Crippen molar-refractivity contribution in [2.45, 2.75) is 6.61 Å². The normalized spacial score (nSPS) is 10.9. The first-order chi connectivity index (χ1) is 10.5. The average molecular weight is 319 g/mol. The third-order valence-electron chi connectivity index (χ3n) is 2.87. The SMILES string of the molecule is O=Cc1cc(OCc2ccccc2)c([P+](=O)[O-])cc1[N+](=O)[O-]. The Kier molecular flexibility index (Phi) is 4.93. The number of hydrogen-bond acceptors (Lipinski definition) is 6. The van der Waals surface area contributed by atoms with Gasteiger partial charge in [0.1, 0.15) is 6.61 Å². The number of nitro benzene ring substituents is 1. The molecule has 1 unspecified atom stereocenters. The van der Waals surface area contributed by atoms with Crippen LogP contribution >= 0.6 is 8.03 Å². The molecule has 0 aliphatic rings. The van der Waals surface area contributed by atoms with Crippen LogP contribution in [0.1, 0.15) is 15.9 Å². The minimum atomic E-state index is -3.10. The fourth-order valence-electron chi connectivity index (χ4n) is 1.82. The minimum absolute atomic E-state index is 0.0765. The van der Waals surface area contributed by atoms with Crippen LogP contribution in [0.5, 0.6) is 5.75 Å². The lowest BCUT2D eigenvalue weighted by molar-refractivity contribution is -0.385. The van der Waals surface area contributed by atoms with E-state index >= 15 is 0 Å². The van der Waals surface area contributed by atoms with Crippen LogP contribution in [0.4, 0.5) is 5.69 Å². The number of carbonyl (C=O) groups excluding carboxylic acids is 1. The Hall–Kier alpha value is -2.63. The maximum atomic E-state index is 11.3. The molecule has 2 rings (SSSR count). The van der Waals surface area contributed by atoms with Crippen LogP contribution in [0.25, 0.3) is 0 Å². The molecule has 0 radical (unpaired) electrons. The first kappa shape index (κ1) is 15.8. The predicted molar refractivity (Wildman–Crippen MR) is 76.5 cm³/mol. The maximum absolute atomic E-state index is 11.3. The molecule has 2 aromatic carbocycles. The van der Waals surface area contributed by atoms with Crippen LogP contribution in [0.2, 0.25) is 0 Å². The number of rotatable bonds is 6. The summed E-state index contributed by atoms with van der Waals surface area (Å²) in [5, 5.41) is 10.5. The molecule has 0 aliphatic heterocycles. The van der Waals surface area contributed by atoms with Crippen LogP contribution < -0.4 is 14.9 Å². The molecule has 0 N–H and O–H groups in total. The maximum Gasteiger partial charge on any atom is 0.353 e. The molecule has 1 atom stereocenters. The van der Waals surface area contributed by atoms with Gasteiger partial charge in [0.25, 0.3) is 5.69 Å². The van der Waals surface area contributed by atoms with E-state index in [1.165, 1.54) is 0 Å². The number of nitrogens with zero attached hydrogens (tertiary/aromatic N) is 1. The van der Waals surface area contributed by atoms with E-state index in [-0.39, 0.29) is 29.5 Å². The van der Waals surface area contributed by atoms with Crippen molar-refractivity contribution in [2.24, 2.45) is 0 Å². The Balaban J connectivity index is 2.38. The van der Waals surface area contributed by atoms with Gasteiger partial charge in [-0.2, -0.15) is 0 Å². The molecule has 0 saturated heterocycles. The van der Waals surface area contributed by atoms with E-state index in [0.717, 1.165) is 17.7 Å². The highest BCUT2D eigenvalue weighted by atomic mass is 31.1. The van der Waals surface area contributed by atoms with E-state index in [9.17, 15) is 24.4 Å². The van der Waals surface area contributed by atoms with Gasteiger partial charge in [-0.1, -0.05) is 34.9 Å². The van der Waals surface area contributed by atoms with Crippen molar-refractivity contribution >= 4 is 25.3 Å². The monoisotopic (exact) mass is 319 g/mol. The summed E-state index contributed by atoms with van der Waals surface area (Å²) in [5.74, 6) is -0.0901. The summed E-state index contributed by atoms with van der Waals surface area (Å²) in [6, 6.07) is 10.9. The van der Waals surface area contributed by atoms with Gasteiger partial charge in [-0.05, 0) is 5.56 Å². The van der Waals surface area contributed by atoms with Gasteiger partial charge in [0.2, 0.25) is 5.30 Å². The molecule has 112 valence electrons. The molecule has 8 heteroatoms. The lowest BCUT2D eigenvalue weighted by atomic mass is 10.2. The summed E-state index contributed by atoms with van der Waals surface area (Å²) in [7, 11) is -3.10. The second-order valence-corrected chi connectivity index (χ2v) is 5.28. The number of aldehydes is 1. The first-order valence-corrected chi connectivity index (χ1v) is 7.29. The second kappa shape index (κ2) is 6.89. The van der Waals surface area contributed by atoms with Gasteiger partial charge >= 0.3 is 8.03 Å². The molecule has 0 bridgehead atoms. The van der Waals surface area contributed by atoms with Crippen molar-refractivity contribution in [3.63, 3.8) is 0 Å². The molecule has 0 saturated carbocycles. The van der Waals surface area contributed by atoms with Gasteiger partial charge in [-0.25, -0.2) is 0 Å². The van der Waals surface area contributed by atoms with Gasteiger partial charge in [0.15, 0.2) is 12.0 Å². The quantitative estimate of drug-likeness (QED) is 0.347. The molecular formula is C14H10NO6P.